The Bertz CT molecular complexity index is 844. The van der Waals surface area contributed by atoms with E-state index in [1.54, 1.807) is 12.1 Å². The summed E-state index contributed by atoms with van der Waals surface area (Å²) in [6.07, 6.45) is 3.37. The minimum atomic E-state index is -0.697. The summed E-state index contributed by atoms with van der Waals surface area (Å²) < 4.78 is 0. The van der Waals surface area contributed by atoms with Crippen molar-refractivity contribution in [3.05, 3.63) is 28.9 Å². The van der Waals surface area contributed by atoms with Crippen molar-refractivity contribution in [2.75, 3.05) is 11.9 Å². The molecule has 4 amide bonds. The number of nitrogens with two attached hydrogens (primary N) is 1. The van der Waals surface area contributed by atoms with Crippen LogP contribution in [0, 0.1) is 0 Å². The molecule has 0 aromatic carbocycles. The van der Waals surface area contributed by atoms with Gasteiger partial charge in [0.2, 0.25) is 0 Å². The molecule has 0 aliphatic heterocycles. The first-order valence-electron chi connectivity index (χ1n) is 8.10. The average Bonchev–Trinajstić information content (AvgIpc) is 3.29. The Hall–Kier alpha value is -3.01. The van der Waals surface area contributed by atoms with Crippen molar-refractivity contribution in [1.29, 1.82) is 0 Å². The molecule has 2 aromatic rings. The normalized spacial score (nSPS) is 13.1. The second kappa shape index (κ2) is 7.48. The van der Waals surface area contributed by atoms with E-state index in [4.69, 9.17) is 5.73 Å². The van der Waals surface area contributed by atoms with Crippen LogP contribution in [0.1, 0.15) is 39.9 Å². The number of carbonyl (C=O) groups excluding carboxylic acids is 3. The van der Waals surface area contributed by atoms with E-state index in [0.29, 0.717) is 22.9 Å². The molecule has 3 rings (SSSR count). The summed E-state index contributed by atoms with van der Waals surface area (Å²) in [4.78, 5) is 43.9. The van der Waals surface area contributed by atoms with Crippen LogP contribution in [0.2, 0.25) is 0 Å². The van der Waals surface area contributed by atoms with Crippen molar-refractivity contribution in [1.82, 2.24) is 20.6 Å². The molecule has 2 heterocycles. The van der Waals surface area contributed by atoms with Gasteiger partial charge in [-0.25, -0.2) is 14.8 Å². The molecular weight excluding hydrogens is 356 g/mol. The number of hydrogen-bond acceptors (Lipinski definition) is 6. The van der Waals surface area contributed by atoms with Crippen LogP contribution in [0.3, 0.4) is 0 Å². The van der Waals surface area contributed by atoms with E-state index in [1.165, 1.54) is 6.20 Å². The lowest BCUT2D eigenvalue weighted by Crippen LogP contribution is -2.28. The fourth-order valence-electron chi connectivity index (χ4n) is 2.16. The SMILES string of the molecule is CCNC(=O)Nc1ccc(-c2nc(C(=O)NC3CC3)c(C(N)=O)s2)cn1. The Labute approximate surface area is 153 Å². The zero-order valence-electron chi connectivity index (χ0n) is 14.0. The number of anilines is 1. The zero-order chi connectivity index (χ0) is 18.7. The van der Waals surface area contributed by atoms with Gasteiger partial charge in [0.15, 0.2) is 5.69 Å². The molecule has 0 bridgehead atoms. The fraction of sp³-hybridized carbons (Fsp3) is 0.312. The summed E-state index contributed by atoms with van der Waals surface area (Å²) in [6.45, 7) is 2.32. The molecule has 1 aliphatic carbocycles. The summed E-state index contributed by atoms with van der Waals surface area (Å²) in [7, 11) is 0. The lowest BCUT2D eigenvalue weighted by Gasteiger charge is -2.05. The second-order valence-corrected chi connectivity index (χ2v) is 6.72. The van der Waals surface area contributed by atoms with Crippen molar-refractivity contribution in [2.45, 2.75) is 25.8 Å². The first-order chi connectivity index (χ1) is 12.5. The van der Waals surface area contributed by atoms with Crippen molar-refractivity contribution in [3.8, 4) is 10.6 Å². The van der Waals surface area contributed by atoms with Gasteiger partial charge in [-0.2, -0.15) is 0 Å². The van der Waals surface area contributed by atoms with E-state index >= 15 is 0 Å². The van der Waals surface area contributed by atoms with E-state index in [0.717, 1.165) is 24.2 Å². The van der Waals surface area contributed by atoms with E-state index in [-0.39, 0.29) is 22.6 Å². The van der Waals surface area contributed by atoms with Gasteiger partial charge in [0, 0.05) is 24.3 Å². The number of primary amides is 1. The Kier molecular flexibility index (Phi) is 5.12. The number of nitrogens with zero attached hydrogens (tertiary/aromatic N) is 2. The molecule has 1 saturated carbocycles. The highest BCUT2D eigenvalue weighted by Gasteiger charge is 2.28. The summed E-state index contributed by atoms with van der Waals surface area (Å²) >= 11 is 1.04. The summed E-state index contributed by atoms with van der Waals surface area (Å²) in [5.41, 5.74) is 6.03. The zero-order valence-corrected chi connectivity index (χ0v) is 14.9. The highest BCUT2D eigenvalue weighted by molar-refractivity contribution is 7.17. The van der Waals surface area contributed by atoms with Gasteiger partial charge < -0.3 is 16.4 Å². The van der Waals surface area contributed by atoms with Gasteiger partial charge in [0.1, 0.15) is 15.7 Å². The lowest BCUT2D eigenvalue weighted by molar-refractivity contribution is 0.0931. The van der Waals surface area contributed by atoms with Crippen LogP contribution in [0.4, 0.5) is 10.6 Å². The van der Waals surface area contributed by atoms with Crippen LogP contribution in [0.25, 0.3) is 10.6 Å². The molecular formula is C16H18N6O3S. The second-order valence-electron chi connectivity index (χ2n) is 5.73. The summed E-state index contributed by atoms with van der Waals surface area (Å²) in [5, 5.41) is 8.44. The third-order valence-electron chi connectivity index (χ3n) is 3.57. The minimum absolute atomic E-state index is 0.0360. The van der Waals surface area contributed by atoms with Crippen molar-refractivity contribution >= 4 is 35.0 Å². The number of pyridine rings is 1. The van der Waals surface area contributed by atoms with E-state index in [9.17, 15) is 14.4 Å². The van der Waals surface area contributed by atoms with Gasteiger partial charge in [0.25, 0.3) is 11.8 Å². The molecule has 1 aliphatic rings. The monoisotopic (exact) mass is 374 g/mol. The predicted molar refractivity (Wildman–Crippen MR) is 97.0 cm³/mol. The number of amides is 4. The first kappa shape index (κ1) is 17.8. The molecule has 5 N–H and O–H groups in total. The topological polar surface area (TPSA) is 139 Å². The predicted octanol–water partition coefficient (Wildman–Crippen LogP) is 1.34. The van der Waals surface area contributed by atoms with Gasteiger partial charge in [-0.15, -0.1) is 11.3 Å². The largest absolute Gasteiger partial charge is 0.365 e. The first-order valence-corrected chi connectivity index (χ1v) is 8.92. The number of thiazole rings is 1. The molecule has 0 unspecified atom stereocenters. The number of hydrogen-bond donors (Lipinski definition) is 4. The Morgan fingerprint density at radius 1 is 1.31 bits per heavy atom. The van der Waals surface area contributed by atoms with Crippen LogP contribution < -0.4 is 21.7 Å². The third kappa shape index (κ3) is 4.14. The molecule has 9 nitrogen and oxygen atoms in total. The standard InChI is InChI=1S/C16H18N6O3S/c1-2-18-16(25)21-10-6-3-8(7-19-10)15-22-11(12(26-15)13(17)23)14(24)20-9-4-5-9/h3,6-7,9H,2,4-5H2,1H3,(H2,17,23)(H,20,24)(H2,18,19,21,25). The number of aromatic nitrogens is 2. The molecule has 0 saturated heterocycles. The average molecular weight is 374 g/mol. The fourth-order valence-corrected chi connectivity index (χ4v) is 3.07. The van der Waals surface area contributed by atoms with E-state index in [1.807, 2.05) is 6.92 Å². The molecule has 26 heavy (non-hydrogen) atoms. The number of carbonyl (C=O) groups is 3. The maximum Gasteiger partial charge on any atom is 0.320 e. The Morgan fingerprint density at radius 2 is 2.08 bits per heavy atom. The van der Waals surface area contributed by atoms with Crippen molar-refractivity contribution in [3.63, 3.8) is 0 Å². The van der Waals surface area contributed by atoms with Crippen LogP contribution in [-0.4, -0.2) is 40.4 Å². The smallest absolute Gasteiger partial charge is 0.320 e. The van der Waals surface area contributed by atoms with Gasteiger partial charge in [-0.3, -0.25) is 14.9 Å². The quantitative estimate of drug-likeness (QED) is 0.604. The van der Waals surface area contributed by atoms with Crippen molar-refractivity contribution < 1.29 is 14.4 Å². The van der Waals surface area contributed by atoms with Gasteiger partial charge in [-0.05, 0) is 31.9 Å². The van der Waals surface area contributed by atoms with E-state index < -0.39 is 11.8 Å². The number of urea groups is 1. The number of rotatable bonds is 6. The van der Waals surface area contributed by atoms with E-state index in [2.05, 4.69) is 25.9 Å². The maximum atomic E-state index is 12.3. The molecule has 2 aromatic heterocycles. The Balaban J connectivity index is 1.81. The minimum Gasteiger partial charge on any atom is -0.365 e. The molecule has 0 radical (unpaired) electrons. The number of nitrogens with one attached hydrogen (secondary N) is 3. The molecule has 136 valence electrons. The molecule has 0 spiro atoms. The van der Waals surface area contributed by atoms with Gasteiger partial charge in [0.05, 0.1) is 0 Å². The lowest BCUT2D eigenvalue weighted by atomic mass is 10.3. The van der Waals surface area contributed by atoms with Crippen LogP contribution >= 0.6 is 11.3 Å². The molecule has 1 fully saturated rings. The van der Waals surface area contributed by atoms with Gasteiger partial charge >= 0.3 is 6.03 Å². The van der Waals surface area contributed by atoms with Gasteiger partial charge in [-0.1, -0.05) is 0 Å². The summed E-state index contributed by atoms with van der Waals surface area (Å²) in [6, 6.07) is 3.10. The highest BCUT2D eigenvalue weighted by atomic mass is 32.1. The van der Waals surface area contributed by atoms with Crippen LogP contribution in [0.15, 0.2) is 18.3 Å². The molecule has 10 heteroatoms. The Morgan fingerprint density at radius 3 is 2.65 bits per heavy atom. The maximum absolute atomic E-state index is 12.3. The molecule has 0 atom stereocenters. The third-order valence-corrected chi connectivity index (χ3v) is 4.69. The summed E-state index contributed by atoms with van der Waals surface area (Å²) in [5.74, 6) is -0.721. The van der Waals surface area contributed by atoms with Crippen LogP contribution in [0.5, 0.6) is 0 Å². The van der Waals surface area contributed by atoms with Crippen LogP contribution in [-0.2, 0) is 0 Å². The van der Waals surface area contributed by atoms with Crippen molar-refractivity contribution in [2.24, 2.45) is 5.73 Å². The highest BCUT2D eigenvalue weighted by Crippen LogP contribution is 2.29.